The fourth-order valence-electron chi connectivity index (χ4n) is 7.45. The molecule has 0 spiro atoms. The van der Waals surface area contributed by atoms with Crippen LogP contribution in [0.15, 0.2) is 36.5 Å². The van der Waals surface area contributed by atoms with Crippen molar-refractivity contribution in [2.45, 2.75) is 277 Å². The summed E-state index contributed by atoms with van der Waals surface area (Å²) >= 11 is 0. The first kappa shape index (κ1) is 57.6. The Labute approximate surface area is 372 Å². The van der Waals surface area contributed by atoms with Gasteiger partial charge in [-0.2, -0.15) is 0 Å². The maximum absolute atomic E-state index is 12.7. The van der Waals surface area contributed by atoms with Gasteiger partial charge >= 0.3 is 17.9 Å². The van der Waals surface area contributed by atoms with Crippen LogP contribution in [0.2, 0.25) is 0 Å². The minimum atomic E-state index is -0.770. The zero-order valence-corrected chi connectivity index (χ0v) is 40.0. The van der Waals surface area contributed by atoms with Crippen molar-refractivity contribution in [1.29, 1.82) is 0 Å². The van der Waals surface area contributed by atoms with E-state index in [0.29, 0.717) is 19.3 Å². The summed E-state index contributed by atoms with van der Waals surface area (Å²) in [5, 5.41) is 0. The van der Waals surface area contributed by atoms with Crippen molar-refractivity contribution < 1.29 is 28.6 Å². The van der Waals surface area contributed by atoms with Crippen molar-refractivity contribution in [3.8, 4) is 0 Å². The molecule has 0 aliphatic rings. The van der Waals surface area contributed by atoms with E-state index in [9.17, 15) is 14.4 Å². The molecule has 0 N–H and O–H groups in total. The topological polar surface area (TPSA) is 78.9 Å². The van der Waals surface area contributed by atoms with Gasteiger partial charge in [-0.3, -0.25) is 14.4 Å². The van der Waals surface area contributed by atoms with E-state index in [0.717, 1.165) is 77.0 Å². The molecule has 0 rings (SSSR count). The summed E-state index contributed by atoms with van der Waals surface area (Å²) < 4.78 is 16.7. The Hall–Kier alpha value is -2.37. The number of rotatable bonds is 47. The third kappa shape index (κ3) is 46.7. The second-order valence-corrected chi connectivity index (χ2v) is 17.4. The van der Waals surface area contributed by atoms with E-state index in [4.69, 9.17) is 14.2 Å². The summed E-state index contributed by atoms with van der Waals surface area (Å²) in [7, 11) is 0. The normalized spacial score (nSPS) is 12.2. The monoisotopic (exact) mass is 843 g/mol. The van der Waals surface area contributed by atoms with Gasteiger partial charge in [-0.15, -0.1) is 0 Å². The Morgan fingerprint density at radius 2 is 0.600 bits per heavy atom. The fraction of sp³-hybridized carbons (Fsp3) is 0.833. The van der Waals surface area contributed by atoms with Crippen molar-refractivity contribution in [3.05, 3.63) is 36.5 Å². The van der Waals surface area contributed by atoms with Gasteiger partial charge in [-0.25, -0.2) is 0 Å². The number of unbranched alkanes of at least 4 members (excludes halogenated alkanes) is 30. The standard InChI is InChI=1S/C54H98O6/c1-4-7-10-13-16-19-21-23-24-25-26-27-28-29-30-32-33-35-38-41-44-47-53(56)59-50-51(49-58-52(55)46-43-40-37-18-15-12-9-6-3)60-54(57)48-45-42-39-36-34-31-22-20-17-14-11-8-5-2/h21,23,25-26,28-29,51H,4-20,22,24,27,30-50H2,1-3H3/b23-21-,26-25-,29-28-. The van der Waals surface area contributed by atoms with E-state index in [1.54, 1.807) is 0 Å². The van der Waals surface area contributed by atoms with Crippen LogP contribution in [-0.4, -0.2) is 37.2 Å². The molecule has 0 heterocycles. The molecule has 60 heavy (non-hydrogen) atoms. The summed E-state index contributed by atoms with van der Waals surface area (Å²) in [5.74, 6) is -0.881. The Balaban J connectivity index is 4.26. The number of hydrogen-bond acceptors (Lipinski definition) is 6. The van der Waals surface area contributed by atoms with Gasteiger partial charge in [0.25, 0.3) is 0 Å². The maximum Gasteiger partial charge on any atom is 0.306 e. The second-order valence-electron chi connectivity index (χ2n) is 17.4. The van der Waals surface area contributed by atoms with Gasteiger partial charge in [0.15, 0.2) is 6.10 Å². The number of allylic oxidation sites excluding steroid dienone is 6. The molecule has 1 unspecified atom stereocenters. The highest BCUT2D eigenvalue weighted by atomic mass is 16.6. The van der Waals surface area contributed by atoms with Crippen LogP contribution in [0.5, 0.6) is 0 Å². The van der Waals surface area contributed by atoms with E-state index >= 15 is 0 Å². The molecule has 0 aliphatic carbocycles. The van der Waals surface area contributed by atoms with Crippen LogP contribution in [-0.2, 0) is 28.6 Å². The van der Waals surface area contributed by atoms with Crippen LogP contribution in [0.25, 0.3) is 0 Å². The molecule has 0 saturated heterocycles. The zero-order chi connectivity index (χ0) is 43.7. The highest BCUT2D eigenvalue weighted by Crippen LogP contribution is 2.15. The van der Waals surface area contributed by atoms with Crippen molar-refractivity contribution in [1.82, 2.24) is 0 Å². The molecule has 0 amide bonds. The molecule has 350 valence electrons. The van der Waals surface area contributed by atoms with Crippen molar-refractivity contribution in [3.63, 3.8) is 0 Å². The molecule has 0 bridgehead atoms. The summed E-state index contributed by atoms with van der Waals surface area (Å²) in [5.41, 5.74) is 0. The van der Waals surface area contributed by atoms with Crippen LogP contribution in [0.4, 0.5) is 0 Å². The molecule has 0 aromatic carbocycles. The molecular formula is C54H98O6. The lowest BCUT2D eigenvalue weighted by atomic mass is 10.0. The molecular weight excluding hydrogens is 745 g/mol. The minimum absolute atomic E-state index is 0.0731. The first-order chi connectivity index (χ1) is 29.5. The van der Waals surface area contributed by atoms with Crippen molar-refractivity contribution >= 4 is 17.9 Å². The average Bonchev–Trinajstić information content (AvgIpc) is 3.24. The lowest BCUT2D eigenvalue weighted by Gasteiger charge is -2.18. The van der Waals surface area contributed by atoms with Crippen molar-refractivity contribution in [2.75, 3.05) is 13.2 Å². The largest absolute Gasteiger partial charge is 0.462 e. The van der Waals surface area contributed by atoms with Crippen LogP contribution in [0, 0.1) is 0 Å². The lowest BCUT2D eigenvalue weighted by molar-refractivity contribution is -0.167. The SMILES string of the molecule is CCCCCCC/C=C\C/C=C\C/C=C\CCCCCCCCC(=O)OCC(COC(=O)CCCCCCCCCC)OC(=O)CCCCCCCCCCCCCCC. The molecule has 0 aliphatic heterocycles. The molecule has 6 heteroatoms. The Morgan fingerprint density at radius 1 is 0.333 bits per heavy atom. The summed E-state index contributed by atoms with van der Waals surface area (Å²) in [6.45, 7) is 6.60. The van der Waals surface area contributed by atoms with Gasteiger partial charge < -0.3 is 14.2 Å². The van der Waals surface area contributed by atoms with Crippen LogP contribution in [0.3, 0.4) is 0 Å². The van der Waals surface area contributed by atoms with Crippen LogP contribution >= 0.6 is 0 Å². The number of esters is 3. The molecule has 0 aromatic rings. The number of carbonyl (C=O) groups is 3. The zero-order valence-electron chi connectivity index (χ0n) is 40.0. The van der Waals surface area contributed by atoms with E-state index < -0.39 is 6.10 Å². The van der Waals surface area contributed by atoms with E-state index in [1.807, 2.05) is 0 Å². The summed E-state index contributed by atoms with van der Waals surface area (Å²) in [6, 6.07) is 0. The Bertz CT molecular complexity index is 1020. The van der Waals surface area contributed by atoms with Gasteiger partial charge in [0, 0.05) is 19.3 Å². The maximum atomic E-state index is 12.7. The molecule has 0 fully saturated rings. The van der Waals surface area contributed by atoms with Gasteiger partial charge in [-0.1, -0.05) is 231 Å². The molecule has 0 aromatic heterocycles. The number of carbonyl (C=O) groups excluding carboxylic acids is 3. The van der Waals surface area contributed by atoms with Crippen LogP contribution < -0.4 is 0 Å². The molecule has 1 atom stereocenters. The number of ether oxygens (including phenoxy) is 3. The Kier molecular flexibility index (Phi) is 47.3. The highest BCUT2D eigenvalue weighted by molar-refractivity contribution is 5.71. The van der Waals surface area contributed by atoms with E-state index in [1.165, 1.54) is 154 Å². The number of hydrogen-bond donors (Lipinski definition) is 0. The third-order valence-corrected chi connectivity index (χ3v) is 11.4. The first-order valence-corrected chi connectivity index (χ1v) is 26.0. The fourth-order valence-corrected chi connectivity index (χ4v) is 7.45. The van der Waals surface area contributed by atoms with Gasteiger partial charge in [0.1, 0.15) is 13.2 Å². The quantitative estimate of drug-likeness (QED) is 0.0263. The summed E-state index contributed by atoms with van der Waals surface area (Å²) in [4.78, 5) is 37.8. The first-order valence-electron chi connectivity index (χ1n) is 26.0. The molecule has 0 radical (unpaired) electrons. The highest BCUT2D eigenvalue weighted by Gasteiger charge is 2.19. The van der Waals surface area contributed by atoms with Crippen molar-refractivity contribution in [2.24, 2.45) is 0 Å². The van der Waals surface area contributed by atoms with Gasteiger partial charge in [0.05, 0.1) is 0 Å². The smallest absolute Gasteiger partial charge is 0.306 e. The van der Waals surface area contributed by atoms with Gasteiger partial charge in [-0.05, 0) is 57.8 Å². The third-order valence-electron chi connectivity index (χ3n) is 11.4. The predicted molar refractivity (Wildman–Crippen MR) is 256 cm³/mol. The van der Waals surface area contributed by atoms with Crippen LogP contribution in [0.1, 0.15) is 271 Å². The molecule has 0 saturated carbocycles. The lowest BCUT2D eigenvalue weighted by Crippen LogP contribution is -2.30. The average molecular weight is 843 g/mol. The Morgan fingerprint density at radius 3 is 0.933 bits per heavy atom. The predicted octanol–water partition coefficient (Wildman–Crippen LogP) is 16.9. The molecule has 6 nitrogen and oxygen atoms in total. The summed E-state index contributed by atoms with van der Waals surface area (Å²) in [6.07, 6.45) is 57.1. The van der Waals surface area contributed by atoms with Gasteiger partial charge in [0.2, 0.25) is 0 Å². The second kappa shape index (κ2) is 49.3. The minimum Gasteiger partial charge on any atom is -0.462 e. The van der Waals surface area contributed by atoms with E-state index in [2.05, 4.69) is 57.2 Å². The van der Waals surface area contributed by atoms with E-state index in [-0.39, 0.29) is 31.1 Å².